The number of aromatic nitrogens is 3. The Morgan fingerprint density at radius 1 is 1.34 bits per heavy atom. The minimum atomic E-state index is -0.320. The van der Waals surface area contributed by atoms with Gasteiger partial charge in [-0.05, 0) is 25.7 Å². The highest BCUT2D eigenvalue weighted by atomic mass is 16.5. The van der Waals surface area contributed by atoms with Gasteiger partial charge >= 0.3 is 0 Å². The molecule has 4 rings (SSSR count). The predicted octanol–water partition coefficient (Wildman–Crippen LogP) is 1.59. The van der Waals surface area contributed by atoms with Crippen LogP contribution in [0.4, 0.5) is 0 Å². The lowest BCUT2D eigenvalue weighted by Gasteiger charge is -2.28. The molecule has 2 aliphatic rings. The van der Waals surface area contributed by atoms with Crippen molar-refractivity contribution in [1.29, 1.82) is 0 Å². The number of nitrogens with zero attached hydrogens (tertiary/aromatic N) is 4. The van der Waals surface area contributed by atoms with Gasteiger partial charge in [0.2, 0.25) is 5.91 Å². The zero-order valence-electron chi connectivity index (χ0n) is 16.7. The Balaban J connectivity index is 1.61. The number of hydrogen-bond donors (Lipinski definition) is 1. The topological polar surface area (TPSA) is 112 Å². The molecule has 9 heteroatoms. The Morgan fingerprint density at radius 3 is 2.93 bits per heavy atom. The number of aromatic amines is 1. The average molecular weight is 399 g/mol. The van der Waals surface area contributed by atoms with Crippen LogP contribution in [0.15, 0.2) is 15.4 Å². The van der Waals surface area contributed by atoms with Gasteiger partial charge in [0.05, 0.1) is 18.3 Å². The van der Waals surface area contributed by atoms with Crippen LogP contribution < -0.4 is 5.56 Å². The van der Waals surface area contributed by atoms with Crippen LogP contribution in [-0.2, 0) is 24.2 Å². The highest BCUT2D eigenvalue weighted by Gasteiger charge is 2.35. The van der Waals surface area contributed by atoms with E-state index in [0.717, 1.165) is 19.3 Å². The van der Waals surface area contributed by atoms with Gasteiger partial charge in [-0.1, -0.05) is 12.1 Å². The molecule has 1 N–H and O–H groups in total. The smallest absolute Gasteiger partial charge is 0.276 e. The Labute approximate surface area is 168 Å². The first-order valence-corrected chi connectivity index (χ1v) is 10.1. The first-order chi connectivity index (χ1) is 14.0. The van der Waals surface area contributed by atoms with Gasteiger partial charge in [-0.3, -0.25) is 14.4 Å². The van der Waals surface area contributed by atoms with Gasteiger partial charge in [0.15, 0.2) is 5.69 Å². The van der Waals surface area contributed by atoms with Gasteiger partial charge in [-0.15, -0.1) is 0 Å². The van der Waals surface area contributed by atoms with E-state index in [2.05, 4.69) is 15.1 Å². The maximum absolute atomic E-state index is 13.0. The first-order valence-electron chi connectivity index (χ1n) is 10.1. The minimum Gasteiger partial charge on any atom is -0.361 e. The van der Waals surface area contributed by atoms with Crippen molar-refractivity contribution in [3.8, 4) is 0 Å². The van der Waals surface area contributed by atoms with Crippen molar-refractivity contribution < 1.29 is 14.1 Å². The number of carbonyl (C=O) groups excluding carboxylic acids is 2. The standard InChI is InChI=1S/C20H25N5O4/c1-3-5-13-10-15(23-29-13)20(28)25-8-4-6-17(25)18-21-16-11-24(12(2)26)9-7-14(16)19(27)22-18/h10,17H,3-9,11H2,1-2H3,(H,21,22,27). The molecule has 4 heterocycles. The fourth-order valence-corrected chi connectivity index (χ4v) is 4.10. The summed E-state index contributed by atoms with van der Waals surface area (Å²) < 4.78 is 5.25. The van der Waals surface area contributed by atoms with Crippen LogP contribution in [-0.4, -0.2) is 49.8 Å². The van der Waals surface area contributed by atoms with E-state index in [9.17, 15) is 14.4 Å². The lowest BCUT2D eigenvalue weighted by atomic mass is 10.1. The van der Waals surface area contributed by atoms with Crippen molar-refractivity contribution in [2.24, 2.45) is 0 Å². The maximum atomic E-state index is 13.0. The number of aryl methyl sites for hydroxylation is 1. The van der Waals surface area contributed by atoms with Gasteiger partial charge < -0.3 is 19.3 Å². The van der Waals surface area contributed by atoms with E-state index >= 15 is 0 Å². The molecule has 0 aliphatic carbocycles. The molecular formula is C20H25N5O4. The third kappa shape index (κ3) is 3.68. The van der Waals surface area contributed by atoms with Crippen LogP contribution in [0.3, 0.4) is 0 Å². The van der Waals surface area contributed by atoms with E-state index in [4.69, 9.17) is 4.52 Å². The monoisotopic (exact) mass is 399 g/mol. The molecule has 1 fully saturated rings. The molecule has 0 bridgehead atoms. The summed E-state index contributed by atoms with van der Waals surface area (Å²) >= 11 is 0. The molecule has 0 spiro atoms. The summed E-state index contributed by atoms with van der Waals surface area (Å²) in [5.74, 6) is 0.911. The van der Waals surface area contributed by atoms with Crippen molar-refractivity contribution in [3.05, 3.63) is 45.0 Å². The van der Waals surface area contributed by atoms with E-state index in [0.29, 0.717) is 55.3 Å². The highest BCUT2D eigenvalue weighted by Crippen LogP contribution is 2.31. The molecule has 1 saturated heterocycles. The van der Waals surface area contributed by atoms with Crippen molar-refractivity contribution in [1.82, 2.24) is 24.9 Å². The van der Waals surface area contributed by atoms with Gasteiger partial charge in [-0.25, -0.2) is 4.98 Å². The van der Waals surface area contributed by atoms with E-state index in [1.807, 2.05) is 6.92 Å². The number of H-pyrrole nitrogens is 1. The van der Waals surface area contributed by atoms with Gasteiger partial charge in [0.1, 0.15) is 11.6 Å². The second-order valence-corrected chi connectivity index (χ2v) is 7.65. The highest BCUT2D eigenvalue weighted by molar-refractivity contribution is 5.92. The number of amides is 2. The normalized spacial score (nSPS) is 18.8. The summed E-state index contributed by atoms with van der Waals surface area (Å²) in [6.45, 7) is 4.96. The summed E-state index contributed by atoms with van der Waals surface area (Å²) in [5, 5.41) is 3.92. The molecule has 2 amide bonds. The molecule has 29 heavy (non-hydrogen) atoms. The number of rotatable bonds is 4. The molecule has 2 aliphatic heterocycles. The summed E-state index contributed by atoms with van der Waals surface area (Å²) in [7, 11) is 0. The molecule has 154 valence electrons. The molecular weight excluding hydrogens is 374 g/mol. The molecule has 0 saturated carbocycles. The first kappa shape index (κ1) is 19.4. The Morgan fingerprint density at radius 2 is 2.17 bits per heavy atom. The van der Waals surface area contributed by atoms with Gasteiger partial charge in [0.25, 0.3) is 11.5 Å². The Bertz CT molecular complexity index is 995. The number of nitrogens with one attached hydrogen (secondary N) is 1. The summed E-state index contributed by atoms with van der Waals surface area (Å²) in [6.07, 6.45) is 3.66. The quantitative estimate of drug-likeness (QED) is 0.835. The zero-order valence-corrected chi connectivity index (χ0v) is 16.7. The van der Waals surface area contributed by atoms with E-state index in [1.54, 1.807) is 15.9 Å². The van der Waals surface area contributed by atoms with E-state index in [1.165, 1.54) is 6.92 Å². The van der Waals surface area contributed by atoms with Crippen molar-refractivity contribution in [2.45, 2.75) is 58.5 Å². The van der Waals surface area contributed by atoms with Crippen LogP contribution in [0.2, 0.25) is 0 Å². The molecule has 1 unspecified atom stereocenters. The van der Waals surface area contributed by atoms with Gasteiger partial charge in [-0.2, -0.15) is 0 Å². The second kappa shape index (κ2) is 7.81. The number of hydrogen-bond acceptors (Lipinski definition) is 6. The number of likely N-dealkylation sites (tertiary alicyclic amines) is 1. The summed E-state index contributed by atoms with van der Waals surface area (Å²) in [6, 6.07) is 1.37. The minimum absolute atomic E-state index is 0.0362. The number of fused-ring (bicyclic) bond motifs is 1. The average Bonchev–Trinajstić information content (AvgIpc) is 3.37. The molecule has 2 aromatic rings. The molecule has 2 aromatic heterocycles. The zero-order chi connectivity index (χ0) is 20.5. The SMILES string of the molecule is CCCc1cc(C(=O)N2CCCC2c2nc3c(c(=O)[nH]2)CCN(C(C)=O)C3)no1. The van der Waals surface area contributed by atoms with Crippen LogP contribution >= 0.6 is 0 Å². The molecule has 0 aromatic carbocycles. The Hall–Kier alpha value is -2.97. The molecule has 1 atom stereocenters. The fourth-order valence-electron chi connectivity index (χ4n) is 4.10. The third-order valence-corrected chi connectivity index (χ3v) is 5.64. The van der Waals surface area contributed by atoms with E-state index in [-0.39, 0.29) is 29.1 Å². The second-order valence-electron chi connectivity index (χ2n) is 7.65. The third-order valence-electron chi connectivity index (χ3n) is 5.64. The van der Waals surface area contributed by atoms with Crippen LogP contribution in [0.1, 0.15) is 72.5 Å². The van der Waals surface area contributed by atoms with E-state index < -0.39 is 0 Å². The predicted molar refractivity (Wildman–Crippen MR) is 103 cm³/mol. The van der Waals surface area contributed by atoms with Crippen LogP contribution in [0.5, 0.6) is 0 Å². The fraction of sp³-hybridized carbons (Fsp3) is 0.550. The van der Waals surface area contributed by atoms with Crippen molar-refractivity contribution >= 4 is 11.8 Å². The maximum Gasteiger partial charge on any atom is 0.276 e. The largest absolute Gasteiger partial charge is 0.361 e. The lowest BCUT2D eigenvalue weighted by Crippen LogP contribution is -2.39. The summed E-state index contributed by atoms with van der Waals surface area (Å²) in [5.41, 5.74) is 1.35. The molecule has 9 nitrogen and oxygen atoms in total. The van der Waals surface area contributed by atoms with Crippen LogP contribution in [0.25, 0.3) is 0 Å². The Kier molecular flexibility index (Phi) is 5.21. The van der Waals surface area contributed by atoms with Gasteiger partial charge in [0, 0.05) is 38.1 Å². The number of carbonyl (C=O) groups is 2. The van der Waals surface area contributed by atoms with Crippen molar-refractivity contribution in [3.63, 3.8) is 0 Å². The van der Waals surface area contributed by atoms with Crippen molar-refractivity contribution in [2.75, 3.05) is 13.1 Å². The molecule has 0 radical (unpaired) electrons. The summed E-state index contributed by atoms with van der Waals surface area (Å²) in [4.78, 5) is 48.2. The lowest BCUT2D eigenvalue weighted by molar-refractivity contribution is -0.129. The van der Waals surface area contributed by atoms with Crippen LogP contribution in [0, 0.1) is 0 Å².